The summed E-state index contributed by atoms with van der Waals surface area (Å²) in [7, 11) is 0. The minimum absolute atomic E-state index is 0.0212. The van der Waals surface area contributed by atoms with Gasteiger partial charge in [0.25, 0.3) is 0 Å². The second-order valence-corrected chi connectivity index (χ2v) is 12.3. The highest BCUT2D eigenvalue weighted by Crippen LogP contribution is 2.69. The lowest BCUT2D eigenvalue weighted by Gasteiger charge is -2.40. The van der Waals surface area contributed by atoms with E-state index in [2.05, 4.69) is 24.5 Å². The van der Waals surface area contributed by atoms with Crippen molar-refractivity contribution in [1.29, 1.82) is 0 Å². The van der Waals surface area contributed by atoms with Gasteiger partial charge in [-0.3, -0.25) is 14.4 Å². The van der Waals surface area contributed by atoms with Crippen molar-refractivity contribution >= 4 is 29.5 Å². The Bertz CT molecular complexity index is 1160. The summed E-state index contributed by atoms with van der Waals surface area (Å²) in [5.74, 6) is -1.58. The zero-order valence-electron chi connectivity index (χ0n) is 22.0. The largest absolute Gasteiger partial charge is 0.394 e. The van der Waals surface area contributed by atoms with E-state index < -0.39 is 28.7 Å². The molecule has 38 heavy (non-hydrogen) atoms. The molecule has 0 aromatic heterocycles. The third-order valence-corrected chi connectivity index (χ3v) is 10.6. The van der Waals surface area contributed by atoms with Crippen LogP contribution in [0.2, 0.25) is 0 Å². The molecule has 7 nitrogen and oxygen atoms in total. The van der Waals surface area contributed by atoms with Crippen molar-refractivity contribution in [1.82, 2.24) is 15.5 Å². The van der Waals surface area contributed by atoms with Crippen molar-refractivity contribution in [3.63, 3.8) is 0 Å². The summed E-state index contributed by atoms with van der Waals surface area (Å²) in [6, 6.07) is 17.7. The Hall–Kier alpha value is -2.84. The summed E-state index contributed by atoms with van der Waals surface area (Å²) in [6.07, 6.45) is 2.57. The second-order valence-electron chi connectivity index (χ2n) is 10.8. The summed E-state index contributed by atoms with van der Waals surface area (Å²) >= 11 is 1.66. The molecule has 3 unspecified atom stereocenters. The summed E-state index contributed by atoms with van der Waals surface area (Å²) in [5, 5.41) is 16.7. The highest BCUT2D eigenvalue weighted by Gasteiger charge is 2.76. The van der Waals surface area contributed by atoms with E-state index >= 15 is 0 Å². The molecule has 0 radical (unpaired) electrons. The number of nitrogens with zero attached hydrogens (tertiary/aromatic N) is 1. The van der Waals surface area contributed by atoms with Crippen molar-refractivity contribution in [2.45, 2.75) is 61.7 Å². The number of carbonyl (C=O) groups is 3. The number of rotatable bonds is 10. The first-order chi connectivity index (χ1) is 18.4. The zero-order chi connectivity index (χ0) is 26.9. The van der Waals surface area contributed by atoms with Crippen LogP contribution in [0.3, 0.4) is 0 Å². The van der Waals surface area contributed by atoms with E-state index in [1.54, 1.807) is 16.7 Å². The highest BCUT2D eigenvalue weighted by atomic mass is 32.2. The summed E-state index contributed by atoms with van der Waals surface area (Å²) < 4.78 is -0.713. The van der Waals surface area contributed by atoms with Crippen LogP contribution in [0, 0.1) is 17.8 Å². The predicted octanol–water partition coefficient (Wildman–Crippen LogP) is 3.29. The number of carbonyl (C=O) groups excluding carboxylic acids is 3. The molecule has 8 heteroatoms. The van der Waals surface area contributed by atoms with Gasteiger partial charge >= 0.3 is 0 Å². The van der Waals surface area contributed by atoms with Crippen molar-refractivity contribution in [2.24, 2.45) is 17.8 Å². The molecular formula is C30H37N3O4S. The van der Waals surface area contributed by atoms with Gasteiger partial charge in [-0.2, -0.15) is 0 Å². The molecular weight excluding hydrogens is 498 g/mol. The van der Waals surface area contributed by atoms with Crippen molar-refractivity contribution in [3.05, 3.63) is 71.8 Å². The van der Waals surface area contributed by atoms with E-state index in [-0.39, 0.29) is 35.5 Å². The van der Waals surface area contributed by atoms with E-state index in [4.69, 9.17) is 0 Å². The van der Waals surface area contributed by atoms with E-state index in [0.717, 1.165) is 30.4 Å². The highest BCUT2D eigenvalue weighted by molar-refractivity contribution is 8.02. The second kappa shape index (κ2) is 11.1. The fourth-order valence-electron chi connectivity index (χ4n) is 6.81. The maximum atomic E-state index is 14.4. The van der Waals surface area contributed by atoms with Crippen LogP contribution in [0.25, 0.3) is 0 Å². The van der Waals surface area contributed by atoms with Gasteiger partial charge in [-0.15, -0.1) is 11.8 Å². The maximum Gasteiger partial charge on any atom is 0.244 e. The van der Waals surface area contributed by atoms with Crippen molar-refractivity contribution in [2.75, 3.05) is 13.2 Å². The third kappa shape index (κ3) is 4.41. The number of likely N-dealkylation sites (tertiary alicyclic amines) is 1. The summed E-state index contributed by atoms with van der Waals surface area (Å²) in [4.78, 5) is 43.5. The molecule has 3 saturated heterocycles. The first-order valence-electron chi connectivity index (χ1n) is 13.7. The fourth-order valence-corrected chi connectivity index (χ4v) is 9.22. The molecule has 202 valence electrons. The van der Waals surface area contributed by atoms with Crippen LogP contribution in [0.4, 0.5) is 0 Å². The number of hydrogen-bond donors (Lipinski definition) is 3. The van der Waals surface area contributed by atoms with Gasteiger partial charge in [0.05, 0.1) is 29.2 Å². The number of nitrogens with one attached hydrogen (secondary N) is 2. The van der Waals surface area contributed by atoms with Crippen molar-refractivity contribution < 1.29 is 19.5 Å². The molecule has 2 aromatic rings. The summed E-state index contributed by atoms with van der Waals surface area (Å²) in [6.45, 7) is 4.80. The predicted molar refractivity (Wildman–Crippen MR) is 148 cm³/mol. The van der Waals surface area contributed by atoms with Crippen LogP contribution in [0.15, 0.2) is 60.7 Å². The van der Waals surface area contributed by atoms with E-state index in [9.17, 15) is 19.5 Å². The molecule has 1 spiro atoms. The number of unbranched alkanes of at least 4 members (excludes halogenated alkanes) is 1. The zero-order valence-corrected chi connectivity index (χ0v) is 22.8. The quantitative estimate of drug-likeness (QED) is 0.406. The SMILES string of the molecule is CCCCNC(=O)C1N([C@H](CO)c2ccccc2)C(=O)[C@@H]2[C@H](C(=O)NCc3ccccc3)[C@@H]3CC(C)C12S3. The molecule has 0 aliphatic carbocycles. The monoisotopic (exact) mass is 535 g/mol. The number of amides is 3. The van der Waals surface area contributed by atoms with Gasteiger partial charge in [0, 0.05) is 18.3 Å². The normalized spacial score (nSPS) is 30.2. The standard InChI is InChI=1S/C30H37N3O4S/c1-3-4-15-31-28(36)26-30-19(2)16-23(38-30)24(27(35)32-17-20-11-7-5-8-12-20)25(30)29(37)33(26)22(18-34)21-13-9-6-10-14-21/h5-14,19,22-26,34H,3-4,15-18H2,1-2H3,(H,31,36)(H,32,35)/t19?,22-,23+,24-,25+,26?,30?/m1/s1. The Labute approximate surface area is 228 Å². The number of aliphatic hydroxyl groups is 1. The van der Waals surface area contributed by atoms with E-state index in [0.29, 0.717) is 13.1 Å². The molecule has 3 aliphatic rings. The molecule has 3 fully saturated rings. The molecule has 3 aliphatic heterocycles. The van der Waals surface area contributed by atoms with Crippen LogP contribution in [-0.4, -0.2) is 56.9 Å². The smallest absolute Gasteiger partial charge is 0.244 e. The van der Waals surface area contributed by atoms with Gasteiger partial charge in [0.15, 0.2) is 0 Å². The average Bonchev–Trinajstić information content (AvgIpc) is 3.53. The van der Waals surface area contributed by atoms with Crippen LogP contribution >= 0.6 is 11.8 Å². The molecule has 2 aromatic carbocycles. The van der Waals surface area contributed by atoms with E-state index in [1.807, 2.05) is 60.7 Å². The van der Waals surface area contributed by atoms with Crippen LogP contribution in [0.1, 0.15) is 50.3 Å². The number of fused-ring (bicyclic) bond motifs is 1. The molecule has 3 heterocycles. The molecule has 3 N–H and O–H groups in total. The third-order valence-electron chi connectivity index (χ3n) is 8.57. The Kier molecular flexibility index (Phi) is 7.82. The minimum atomic E-state index is -0.758. The average molecular weight is 536 g/mol. The number of hydrogen-bond acceptors (Lipinski definition) is 5. The van der Waals surface area contributed by atoms with Crippen LogP contribution < -0.4 is 10.6 Å². The van der Waals surface area contributed by atoms with Crippen molar-refractivity contribution in [3.8, 4) is 0 Å². The van der Waals surface area contributed by atoms with Gasteiger partial charge in [0.1, 0.15) is 6.04 Å². The molecule has 7 atom stereocenters. The molecule has 5 rings (SSSR count). The first kappa shape index (κ1) is 26.8. The van der Waals surface area contributed by atoms with Crippen LogP contribution in [-0.2, 0) is 20.9 Å². The van der Waals surface area contributed by atoms with Gasteiger partial charge in [-0.25, -0.2) is 0 Å². The molecule has 2 bridgehead atoms. The minimum Gasteiger partial charge on any atom is -0.394 e. The van der Waals surface area contributed by atoms with Gasteiger partial charge < -0.3 is 20.6 Å². The van der Waals surface area contributed by atoms with E-state index in [1.165, 1.54) is 0 Å². The fraction of sp³-hybridized carbons (Fsp3) is 0.500. The first-order valence-corrected chi connectivity index (χ1v) is 14.6. The lowest BCUT2D eigenvalue weighted by Crippen LogP contribution is -2.57. The maximum absolute atomic E-state index is 14.4. The number of aliphatic hydroxyl groups excluding tert-OH is 1. The van der Waals surface area contributed by atoms with Gasteiger partial charge in [-0.05, 0) is 29.9 Å². The lowest BCUT2D eigenvalue weighted by atomic mass is 9.66. The lowest BCUT2D eigenvalue weighted by molar-refractivity contribution is -0.143. The molecule has 0 saturated carbocycles. The Morgan fingerprint density at radius 1 is 1.08 bits per heavy atom. The number of benzene rings is 2. The Balaban J connectivity index is 1.51. The van der Waals surface area contributed by atoms with Gasteiger partial charge in [0.2, 0.25) is 17.7 Å². The topological polar surface area (TPSA) is 98.7 Å². The Morgan fingerprint density at radius 2 is 1.76 bits per heavy atom. The Morgan fingerprint density at radius 3 is 2.42 bits per heavy atom. The van der Waals surface area contributed by atoms with Crippen LogP contribution in [0.5, 0.6) is 0 Å². The molecule has 3 amide bonds. The summed E-state index contributed by atoms with van der Waals surface area (Å²) in [5.41, 5.74) is 1.78. The number of thioether (sulfide) groups is 1. The van der Waals surface area contributed by atoms with Gasteiger partial charge in [-0.1, -0.05) is 80.9 Å².